The summed E-state index contributed by atoms with van der Waals surface area (Å²) in [5.74, 6) is -0.333. The Labute approximate surface area is 190 Å². The highest BCUT2D eigenvalue weighted by Gasteiger charge is 2.10. The molecule has 0 unspecified atom stereocenters. The third kappa shape index (κ3) is 6.73. The van der Waals surface area contributed by atoms with Crippen LogP contribution >= 0.6 is 0 Å². The summed E-state index contributed by atoms with van der Waals surface area (Å²) >= 11 is 0. The number of nitro benzene ring substituents is 1. The Morgan fingerprint density at radius 3 is 2.48 bits per heavy atom. The van der Waals surface area contributed by atoms with Crippen molar-refractivity contribution >= 4 is 29.4 Å². The molecule has 0 bridgehead atoms. The number of carbonyl (C=O) groups is 2. The van der Waals surface area contributed by atoms with Crippen LogP contribution in [-0.2, 0) is 4.79 Å². The van der Waals surface area contributed by atoms with Crippen LogP contribution in [0.4, 0.5) is 11.4 Å². The molecule has 9 nitrogen and oxygen atoms in total. The molecule has 2 amide bonds. The van der Waals surface area contributed by atoms with Crippen molar-refractivity contribution in [3.05, 3.63) is 99.1 Å². The van der Waals surface area contributed by atoms with Gasteiger partial charge in [-0.3, -0.25) is 19.7 Å². The number of rotatable bonds is 8. The number of nitrogens with zero attached hydrogens (tertiary/aromatic N) is 2. The first-order chi connectivity index (χ1) is 15.8. The average Bonchev–Trinajstić information content (AvgIpc) is 2.81. The van der Waals surface area contributed by atoms with Gasteiger partial charge in [-0.15, -0.1) is 0 Å². The molecule has 0 fully saturated rings. The van der Waals surface area contributed by atoms with Crippen molar-refractivity contribution in [2.24, 2.45) is 5.10 Å². The van der Waals surface area contributed by atoms with Gasteiger partial charge in [0.25, 0.3) is 17.5 Å². The highest BCUT2D eigenvalue weighted by molar-refractivity contribution is 5.95. The van der Waals surface area contributed by atoms with Crippen LogP contribution in [0.2, 0.25) is 0 Å². The van der Waals surface area contributed by atoms with Crippen molar-refractivity contribution in [3.8, 4) is 5.75 Å². The Balaban J connectivity index is 1.48. The molecule has 0 radical (unpaired) electrons. The van der Waals surface area contributed by atoms with Crippen LogP contribution in [0, 0.1) is 24.0 Å². The maximum absolute atomic E-state index is 12.1. The molecule has 0 saturated heterocycles. The lowest BCUT2D eigenvalue weighted by Gasteiger charge is -2.09. The van der Waals surface area contributed by atoms with Crippen molar-refractivity contribution in [2.75, 3.05) is 11.9 Å². The average molecular weight is 446 g/mol. The summed E-state index contributed by atoms with van der Waals surface area (Å²) in [5.41, 5.74) is 5.91. The van der Waals surface area contributed by atoms with Crippen LogP contribution in [0.5, 0.6) is 5.75 Å². The maximum Gasteiger partial charge on any atom is 0.271 e. The van der Waals surface area contributed by atoms with Gasteiger partial charge in [0.15, 0.2) is 6.61 Å². The molecule has 2 N–H and O–H groups in total. The topological polar surface area (TPSA) is 123 Å². The number of amides is 2. The van der Waals surface area contributed by atoms with E-state index in [1.807, 2.05) is 32.0 Å². The van der Waals surface area contributed by atoms with Gasteiger partial charge in [-0.25, -0.2) is 5.43 Å². The maximum atomic E-state index is 12.1. The number of aryl methyl sites for hydroxylation is 2. The van der Waals surface area contributed by atoms with E-state index in [9.17, 15) is 19.7 Å². The fourth-order valence-electron chi connectivity index (χ4n) is 2.81. The zero-order valence-electron chi connectivity index (χ0n) is 18.1. The fraction of sp³-hybridized carbons (Fsp3) is 0.125. The number of hydrogen-bond acceptors (Lipinski definition) is 6. The standard InChI is InChI=1S/C24H22N4O5/c1-16-6-9-20(12-17(16)2)26-23(29)15-33-22-10-7-18(8-11-22)14-25-27-24(30)19-4-3-5-21(13-19)28(31)32/h3-14H,15H2,1-2H3,(H,26,29)(H,27,30)/b25-14+. The number of nitro groups is 1. The van der Waals surface area contributed by atoms with Crippen LogP contribution in [0.1, 0.15) is 27.0 Å². The number of hydrogen-bond donors (Lipinski definition) is 2. The molecule has 168 valence electrons. The second kappa shape index (κ2) is 10.7. The third-order valence-corrected chi connectivity index (χ3v) is 4.74. The first-order valence-electron chi connectivity index (χ1n) is 9.99. The molecule has 0 heterocycles. The molecule has 0 aromatic heterocycles. The van der Waals surface area contributed by atoms with Gasteiger partial charge < -0.3 is 10.1 Å². The van der Waals surface area contributed by atoms with Crippen LogP contribution in [0.15, 0.2) is 71.8 Å². The van der Waals surface area contributed by atoms with Gasteiger partial charge in [-0.05, 0) is 73.0 Å². The van der Waals surface area contributed by atoms with Crippen molar-refractivity contribution in [1.29, 1.82) is 0 Å². The summed E-state index contributed by atoms with van der Waals surface area (Å²) in [6.45, 7) is 3.84. The van der Waals surface area contributed by atoms with Crippen LogP contribution in [-0.4, -0.2) is 29.6 Å². The molecule has 3 aromatic carbocycles. The fourth-order valence-corrected chi connectivity index (χ4v) is 2.81. The van der Waals surface area contributed by atoms with Gasteiger partial charge in [0, 0.05) is 23.4 Å². The number of nitrogens with one attached hydrogen (secondary N) is 2. The first-order valence-corrected chi connectivity index (χ1v) is 9.99. The zero-order chi connectivity index (χ0) is 23.8. The van der Waals surface area contributed by atoms with E-state index in [0.29, 0.717) is 17.0 Å². The minimum atomic E-state index is -0.573. The molecule has 33 heavy (non-hydrogen) atoms. The largest absolute Gasteiger partial charge is 0.484 e. The van der Waals surface area contributed by atoms with Gasteiger partial charge in [0.05, 0.1) is 11.1 Å². The molecule has 3 aromatic rings. The van der Waals surface area contributed by atoms with Gasteiger partial charge in [-0.2, -0.15) is 5.10 Å². The summed E-state index contributed by atoms with van der Waals surface area (Å²) in [4.78, 5) is 34.4. The molecule has 3 rings (SSSR count). The van der Waals surface area contributed by atoms with E-state index < -0.39 is 10.8 Å². The van der Waals surface area contributed by atoms with E-state index in [-0.39, 0.29) is 23.8 Å². The van der Waals surface area contributed by atoms with E-state index in [0.717, 1.165) is 11.1 Å². The monoisotopic (exact) mass is 446 g/mol. The SMILES string of the molecule is Cc1ccc(NC(=O)COc2ccc(/C=N/NC(=O)c3cccc([N+](=O)[O-])c3)cc2)cc1C. The summed E-state index contributed by atoms with van der Waals surface area (Å²) < 4.78 is 5.50. The molecular weight excluding hydrogens is 424 g/mol. The number of non-ortho nitro benzene ring substituents is 1. The first kappa shape index (κ1) is 23.1. The molecule has 0 spiro atoms. The smallest absolute Gasteiger partial charge is 0.271 e. The van der Waals surface area contributed by atoms with E-state index in [2.05, 4.69) is 15.8 Å². The number of carbonyl (C=O) groups excluding carboxylic acids is 2. The van der Waals surface area contributed by atoms with E-state index in [4.69, 9.17) is 4.74 Å². The zero-order valence-corrected chi connectivity index (χ0v) is 18.1. The second-order valence-electron chi connectivity index (χ2n) is 7.21. The summed E-state index contributed by atoms with van der Waals surface area (Å²) in [5, 5.41) is 17.5. The predicted octanol–water partition coefficient (Wildman–Crippen LogP) is 3.99. The highest BCUT2D eigenvalue weighted by atomic mass is 16.6. The van der Waals surface area contributed by atoms with Crippen LogP contribution in [0.3, 0.4) is 0 Å². The van der Waals surface area contributed by atoms with Gasteiger partial charge in [-0.1, -0.05) is 12.1 Å². The minimum absolute atomic E-state index is 0.129. The third-order valence-electron chi connectivity index (χ3n) is 4.74. The van der Waals surface area contributed by atoms with E-state index in [1.165, 1.54) is 30.5 Å². The summed E-state index contributed by atoms with van der Waals surface area (Å²) in [7, 11) is 0. The molecular formula is C24H22N4O5. The van der Waals surface area contributed by atoms with Gasteiger partial charge >= 0.3 is 0 Å². The highest BCUT2D eigenvalue weighted by Crippen LogP contribution is 2.15. The number of ether oxygens (including phenoxy) is 1. The Morgan fingerprint density at radius 2 is 1.79 bits per heavy atom. The van der Waals surface area contributed by atoms with Crippen molar-refractivity contribution in [1.82, 2.24) is 5.43 Å². The van der Waals surface area contributed by atoms with Crippen molar-refractivity contribution in [3.63, 3.8) is 0 Å². The van der Waals surface area contributed by atoms with Crippen molar-refractivity contribution < 1.29 is 19.2 Å². The second-order valence-corrected chi connectivity index (χ2v) is 7.21. The Bertz CT molecular complexity index is 1210. The number of anilines is 1. The molecule has 0 atom stereocenters. The summed E-state index contributed by atoms with van der Waals surface area (Å²) in [6, 6.07) is 17.8. The van der Waals surface area contributed by atoms with E-state index in [1.54, 1.807) is 24.3 Å². The quantitative estimate of drug-likeness (QED) is 0.308. The Morgan fingerprint density at radius 1 is 1.03 bits per heavy atom. The molecule has 9 heteroatoms. The molecule has 0 aliphatic rings. The number of hydrazone groups is 1. The Kier molecular flexibility index (Phi) is 7.48. The lowest BCUT2D eigenvalue weighted by molar-refractivity contribution is -0.384. The van der Waals surface area contributed by atoms with Gasteiger partial charge in [0.1, 0.15) is 5.75 Å². The Hall–Kier alpha value is -4.53. The van der Waals surface area contributed by atoms with Crippen molar-refractivity contribution in [2.45, 2.75) is 13.8 Å². The van der Waals surface area contributed by atoms with Crippen LogP contribution in [0.25, 0.3) is 0 Å². The normalized spacial score (nSPS) is 10.6. The molecule has 0 aliphatic heterocycles. The minimum Gasteiger partial charge on any atom is -0.484 e. The van der Waals surface area contributed by atoms with Gasteiger partial charge in [0.2, 0.25) is 0 Å². The van der Waals surface area contributed by atoms with Crippen LogP contribution < -0.4 is 15.5 Å². The van der Waals surface area contributed by atoms with E-state index >= 15 is 0 Å². The number of benzene rings is 3. The molecule has 0 saturated carbocycles. The predicted molar refractivity (Wildman–Crippen MR) is 125 cm³/mol. The molecule has 0 aliphatic carbocycles. The lowest BCUT2D eigenvalue weighted by Crippen LogP contribution is -2.20. The lowest BCUT2D eigenvalue weighted by atomic mass is 10.1. The summed E-state index contributed by atoms with van der Waals surface area (Å²) in [6.07, 6.45) is 1.42.